The van der Waals surface area contributed by atoms with Crippen LogP contribution in [-0.2, 0) is 52.4 Å². The lowest BCUT2D eigenvalue weighted by atomic mass is 10.1. The number of aliphatic hydroxyl groups is 5. The Labute approximate surface area is 611 Å². The van der Waals surface area contributed by atoms with E-state index in [2.05, 4.69) is 76.3 Å². The first-order valence-corrected chi connectivity index (χ1v) is 41.1. The first-order chi connectivity index (χ1) is 48.7. The van der Waals surface area contributed by atoms with Crippen LogP contribution in [0.5, 0.6) is 0 Å². The van der Waals surface area contributed by atoms with E-state index in [1.54, 1.807) is 0 Å². The summed E-state index contributed by atoms with van der Waals surface area (Å²) < 4.78 is 29.8. The molecule has 0 aromatic carbocycles. The van der Waals surface area contributed by atoms with Crippen molar-refractivity contribution in [2.45, 2.75) is 405 Å². The molecule has 16 nitrogen and oxygen atoms in total. The van der Waals surface area contributed by atoms with E-state index >= 15 is 0 Å². The van der Waals surface area contributed by atoms with Crippen molar-refractivity contribution >= 4 is 29.7 Å². The number of Topliss-reactive ketones (excluding diaryl/α,β-unsaturated/α-hetero) is 1. The van der Waals surface area contributed by atoms with Gasteiger partial charge in [-0.15, -0.1) is 0 Å². The van der Waals surface area contributed by atoms with Crippen LogP contribution in [0, 0.1) is 0 Å². The van der Waals surface area contributed by atoms with E-state index < -0.39 is 30.9 Å². The molecular weight excluding hydrogens is 1260 g/mol. The predicted molar refractivity (Wildman–Crippen MR) is 409 cm³/mol. The number of carbonyl (C=O) groups is 5. The second-order valence-electron chi connectivity index (χ2n) is 28.0. The third-order valence-electron chi connectivity index (χ3n) is 17.9. The summed E-state index contributed by atoms with van der Waals surface area (Å²) >= 11 is 0. The number of allylic oxidation sites excluding steroid dienone is 8. The zero-order valence-corrected chi connectivity index (χ0v) is 64.7. The van der Waals surface area contributed by atoms with Crippen LogP contribution in [0.2, 0.25) is 0 Å². The van der Waals surface area contributed by atoms with Gasteiger partial charge in [-0.05, 0) is 128 Å². The highest BCUT2D eigenvalue weighted by Gasteiger charge is 2.42. The number of unbranched alkanes of at least 4 members (excludes halogenated alkanes) is 44. The Bertz CT molecular complexity index is 1790. The fourth-order valence-electron chi connectivity index (χ4n) is 11.2. The maximum absolute atomic E-state index is 11.9. The average Bonchev–Trinajstić information content (AvgIpc) is 0.832. The zero-order valence-electron chi connectivity index (χ0n) is 64.7. The topological polar surface area (TPSA) is 242 Å². The third kappa shape index (κ3) is 75.4. The van der Waals surface area contributed by atoms with Crippen LogP contribution in [-0.4, -0.2) is 126 Å². The number of aliphatic hydroxyl groups excluding tert-OH is 3. The minimum atomic E-state index is -1.76. The lowest BCUT2D eigenvalue weighted by Crippen LogP contribution is -2.56. The Hall–Kier alpha value is -3.77. The standard InChI is InChI=1S/C39H72O5.C39H70O5.C6H12O6/c2*1-3-5-7-9-11-13-15-17-19-21-23-25-27-29-31-33-38(41)43-35-37(40)36-44-39(42)34-32-30-28-26-24-22-20-18-16-14-12-10-8-6-4-2;7-1-5(9)3-12-6(10,2-8)4-11-5/h17-20,37,40H,3-16,21-36H2,1-2H3;17-20H,3-16,21-36H2,1-2H3;7-10H,1-4H2/b2*19-17-,20-18-;. The van der Waals surface area contributed by atoms with E-state index in [0.29, 0.717) is 25.7 Å². The van der Waals surface area contributed by atoms with E-state index in [4.69, 9.17) is 38.6 Å². The second-order valence-corrected chi connectivity index (χ2v) is 28.0. The first-order valence-electron chi connectivity index (χ1n) is 41.1. The summed E-state index contributed by atoms with van der Waals surface area (Å²) in [6, 6.07) is 0. The average molecular weight is 1420 g/mol. The summed E-state index contributed by atoms with van der Waals surface area (Å²) in [5.41, 5.74) is 0. The molecule has 1 fully saturated rings. The minimum Gasteiger partial charge on any atom is -0.463 e. The van der Waals surface area contributed by atoms with Crippen molar-refractivity contribution in [2.24, 2.45) is 0 Å². The number of hydrogen-bond donors (Lipinski definition) is 5. The number of hydrogen-bond acceptors (Lipinski definition) is 16. The van der Waals surface area contributed by atoms with Crippen molar-refractivity contribution in [2.75, 3.05) is 52.9 Å². The van der Waals surface area contributed by atoms with Crippen molar-refractivity contribution in [1.82, 2.24) is 0 Å². The van der Waals surface area contributed by atoms with Crippen LogP contribution < -0.4 is 0 Å². The zero-order chi connectivity index (χ0) is 73.6. The van der Waals surface area contributed by atoms with Gasteiger partial charge in [0.05, 0.1) is 13.2 Å². The van der Waals surface area contributed by atoms with E-state index in [0.717, 1.165) is 103 Å². The fraction of sp³-hybridized carbons (Fsp3) is 0.845. The van der Waals surface area contributed by atoms with E-state index in [-0.39, 0.29) is 69.3 Å². The Balaban J connectivity index is 0. The molecule has 586 valence electrons. The Morgan fingerprint density at radius 2 is 0.500 bits per heavy atom. The Morgan fingerprint density at radius 3 is 0.700 bits per heavy atom. The molecule has 16 heteroatoms. The van der Waals surface area contributed by atoms with Crippen LogP contribution in [0.15, 0.2) is 48.6 Å². The molecule has 0 bridgehead atoms. The van der Waals surface area contributed by atoms with Gasteiger partial charge in [-0.3, -0.25) is 24.0 Å². The highest BCUT2D eigenvalue weighted by molar-refractivity contribution is 5.85. The van der Waals surface area contributed by atoms with Crippen LogP contribution in [0.3, 0.4) is 0 Å². The van der Waals surface area contributed by atoms with Gasteiger partial charge in [-0.25, -0.2) is 0 Å². The van der Waals surface area contributed by atoms with Crippen LogP contribution in [0.25, 0.3) is 0 Å². The number of ether oxygens (including phenoxy) is 6. The van der Waals surface area contributed by atoms with Gasteiger partial charge in [-0.1, -0.05) is 282 Å². The van der Waals surface area contributed by atoms with Gasteiger partial charge in [0, 0.05) is 25.7 Å². The predicted octanol–water partition coefficient (Wildman–Crippen LogP) is 20.6. The molecule has 1 aliphatic heterocycles. The van der Waals surface area contributed by atoms with Gasteiger partial charge in [0.1, 0.15) is 32.5 Å². The molecule has 0 aromatic rings. The van der Waals surface area contributed by atoms with Gasteiger partial charge in [-0.2, -0.15) is 0 Å². The van der Waals surface area contributed by atoms with Crippen LogP contribution >= 0.6 is 0 Å². The highest BCUT2D eigenvalue weighted by atomic mass is 16.7. The van der Waals surface area contributed by atoms with Gasteiger partial charge < -0.3 is 54.0 Å². The van der Waals surface area contributed by atoms with E-state index in [9.17, 15) is 39.3 Å². The van der Waals surface area contributed by atoms with Crippen molar-refractivity contribution in [3.05, 3.63) is 48.6 Å². The van der Waals surface area contributed by atoms with Gasteiger partial charge in [0.15, 0.2) is 13.2 Å². The number of esters is 4. The molecule has 2 atom stereocenters. The van der Waals surface area contributed by atoms with Crippen LogP contribution in [0.4, 0.5) is 0 Å². The molecule has 0 aromatic heterocycles. The lowest BCUT2D eigenvalue weighted by Gasteiger charge is -2.38. The molecule has 2 unspecified atom stereocenters. The molecule has 0 aliphatic carbocycles. The maximum Gasteiger partial charge on any atom is 0.306 e. The van der Waals surface area contributed by atoms with E-state index in [1.807, 2.05) is 0 Å². The molecule has 1 heterocycles. The van der Waals surface area contributed by atoms with Crippen molar-refractivity contribution in [3.63, 3.8) is 0 Å². The second kappa shape index (κ2) is 77.8. The summed E-state index contributed by atoms with van der Waals surface area (Å²) in [6.07, 6.45) is 82.2. The molecule has 1 aliphatic rings. The fourth-order valence-corrected chi connectivity index (χ4v) is 11.2. The normalized spacial score (nSPS) is 15.4. The molecule has 0 saturated carbocycles. The number of ketones is 1. The van der Waals surface area contributed by atoms with Gasteiger partial charge in [0.2, 0.25) is 17.4 Å². The molecule has 1 rings (SSSR count). The van der Waals surface area contributed by atoms with E-state index in [1.165, 1.54) is 231 Å². The van der Waals surface area contributed by atoms with Gasteiger partial charge in [0.25, 0.3) is 0 Å². The lowest BCUT2D eigenvalue weighted by molar-refractivity contribution is -0.377. The Morgan fingerprint density at radius 1 is 0.310 bits per heavy atom. The molecule has 100 heavy (non-hydrogen) atoms. The molecule has 0 spiro atoms. The summed E-state index contributed by atoms with van der Waals surface area (Å²) in [5, 5.41) is 45.6. The summed E-state index contributed by atoms with van der Waals surface area (Å²) in [5.74, 6) is -5.18. The van der Waals surface area contributed by atoms with Crippen LogP contribution in [0.1, 0.15) is 387 Å². The number of carbonyl (C=O) groups excluding carboxylic acids is 5. The molecular formula is C84H154O16. The van der Waals surface area contributed by atoms with Crippen molar-refractivity contribution in [3.8, 4) is 0 Å². The monoisotopic (exact) mass is 1420 g/mol. The smallest absolute Gasteiger partial charge is 0.306 e. The Kier molecular flexibility index (Phi) is 76.5. The summed E-state index contributed by atoms with van der Waals surface area (Å²) in [6.45, 7) is 6.17. The molecule has 5 N–H and O–H groups in total. The van der Waals surface area contributed by atoms with Crippen molar-refractivity contribution < 1.29 is 77.9 Å². The largest absolute Gasteiger partial charge is 0.463 e. The van der Waals surface area contributed by atoms with Gasteiger partial charge >= 0.3 is 23.9 Å². The molecule has 0 amide bonds. The van der Waals surface area contributed by atoms with Crippen molar-refractivity contribution in [1.29, 1.82) is 0 Å². The highest BCUT2D eigenvalue weighted by Crippen LogP contribution is 2.22. The minimum absolute atomic E-state index is 0.120. The molecule has 1 saturated heterocycles. The third-order valence-corrected chi connectivity index (χ3v) is 17.9. The molecule has 0 radical (unpaired) electrons. The first kappa shape index (κ1) is 98.3. The number of rotatable bonds is 70. The summed E-state index contributed by atoms with van der Waals surface area (Å²) in [7, 11) is 0. The quantitative estimate of drug-likeness (QED) is 0.0165. The SMILES string of the molecule is CCCCCCCC/C=C\CCCCCCCC(=O)OCC(=O)COC(=O)CCCCCCC/C=C\CCCCCCCC.CCCCCCCC/C=C\CCCCCCCC(=O)OCC(O)COC(=O)CCCCCCC/C=C\CCCCCCCC.OCC1(O)COC(O)(CO)CO1. The maximum atomic E-state index is 11.9. The summed E-state index contributed by atoms with van der Waals surface area (Å²) in [4.78, 5) is 59.6.